The first kappa shape index (κ1) is 18.9. The highest BCUT2D eigenvalue weighted by Crippen LogP contribution is 2.31. The Morgan fingerprint density at radius 1 is 1.24 bits per heavy atom. The molecule has 0 atom stereocenters. The maximum Gasteiger partial charge on any atom is 0.267 e. The molecule has 0 spiro atoms. The van der Waals surface area contributed by atoms with Crippen LogP contribution in [0.3, 0.4) is 0 Å². The average Bonchev–Trinajstić information content (AvgIpc) is 2.60. The second kappa shape index (κ2) is 8.60. The zero-order chi connectivity index (χ0) is 18.4. The molecule has 0 unspecified atom stereocenters. The van der Waals surface area contributed by atoms with E-state index in [9.17, 15) is 13.6 Å². The molecule has 0 saturated carbocycles. The number of hydrogen-bond donors (Lipinski definition) is 1. The molecule has 5 heteroatoms. The minimum atomic E-state index is -2.59. The quantitative estimate of drug-likeness (QED) is 0.808. The topological polar surface area (TPSA) is 38.3 Å². The van der Waals surface area contributed by atoms with Gasteiger partial charge in [0.15, 0.2) is 0 Å². The predicted octanol–water partition coefficient (Wildman–Crippen LogP) is 4.36. The number of likely N-dealkylation sites (N-methyl/N-ethyl adjacent to an activating group) is 1. The van der Waals surface area contributed by atoms with Crippen molar-refractivity contribution in [2.75, 3.05) is 7.05 Å². The summed E-state index contributed by atoms with van der Waals surface area (Å²) in [4.78, 5) is 11.7. The van der Waals surface area contributed by atoms with Crippen molar-refractivity contribution in [3.05, 3.63) is 64.2 Å². The lowest BCUT2D eigenvalue weighted by Gasteiger charge is -2.16. The van der Waals surface area contributed by atoms with Gasteiger partial charge in [-0.05, 0) is 47.7 Å². The summed E-state index contributed by atoms with van der Waals surface area (Å²) in [5.74, 6) is 0.0776. The summed E-state index contributed by atoms with van der Waals surface area (Å²) in [6, 6.07) is 10.5. The van der Waals surface area contributed by atoms with Gasteiger partial charge in [0.05, 0.1) is 12.0 Å². The van der Waals surface area contributed by atoms with Crippen LogP contribution in [0, 0.1) is 6.92 Å². The molecule has 1 amide bonds. The van der Waals surface area contributed by atoms with Crippen molar-refractivity contribution in [1.29, 1.82) is 0 Å². The Hall–Kier alpha value is -2.43. The number of halogens is 2. The number of benzene rings is 2. The van der Waals surface area contributed by atoms with Crippen LogP contribution in [0.2, 0.25) is 0 Å². The fourth-order valence-electron chi connectivity index (χ4n) is 2.67. The van der Waals surface area contributed by atoms with Gasteiger partial charge in [0, 0.05) is 7.05 Å². The van der Waals surface area contributed by atoms with Crippen LogP contribution in [0.25, 0.3) is 0 Å². The zero-order valence-corrected chi connectivity index (χ0v) is 14.7. The number of carbonyl (C=O) groups is 1. The molecule has 1 N–H and O–H groups in total. The molecule has 0 bridgehead atoms. The first-order valence-corrected chi connectivity index (χ1v) is 8.28. The molecule has 0 aliphatic heterocycles. The molecule has 0 aliphatic rings. The van der Waals surface area contributed by atoms with E-state index in [-0.39, 0.29) is 30.2 Å². The van der Waals surface area contributed by atoms with Crippen molar-refractivity contribution < 1.29 is 18.3 Å². The molecular weight excluding hydrogens is 324 g/mol. The molecule has 0 fully saturated rings. The Morgan fingerprint density at radius 3 is 2.64 bits per heavy atom. The van der Waals surface area contributed by atoms with Gasteiger partial charge in [-0.15, -0.1) is 0 Å². The molecule has 0 radical (unpaired) electrons. The van der Waals surface area contributed by atoms with Crippen LogP contribution in [-0.4, -0.2) is 13.0 Å². The van der Waals surface area contributed by atoms with Gasteiger partial charge >= 0.3 is 0 Å². The van der Waals surface area contributed by atoms with Crippen molar-refractivity contribution in [2.45, 2.75) is 39.7 Å². The van der Waals surface area contributed by atoms with Crippen LogP contribution in [0.1, 0.15) is 41.2 Å². The Labute approximate surface area is 147 Å². The normalized spacial score (nSPS) is 10.8. The van der Waals surface area contributed by atoms with E-state index in [4.69, 9.17) is 4.74 Å². The van der Waals surface area contributed by atoms with Gasteiger partial charge in [0.1, 0.15) is 12.4 Å². The van der Waals surface area contributed by atoms with Crippen molar-refractivity contribution in [3.8, 4) is 5.75 Å². The Morgan fingerprint density at radius 2 is 2.00 bits per heavy atom. The summed E-state index contributed by atoms with van der Waals surface area (Å²) in [7, 11) is 1.58. The third-order valence-corrected chi connectivity index (χ3v) is 4.23. The largest absolute Gasteiger partial charge is 0.488 e. The maximum atomic E-state index is 13.3. The minimum absolute atomic E-state index is 0.0965. The van der Waals surface area contributed by atoms with E-state index in [0.717, 1.165) is 22.3 Å². The van der Waals surface area contributed by atoms with Gasteiger partial charge in [-0.2, -0.15) is 0 Å². The Bertz CT molecular complexity index is 744. The van der Waals surface area contributed by atoms with E-state index >= 15 is 0 Å². The van der Waals surface area contributed by atoms with Crippen molar-refractivity contribution in [2.24, 2.45) is 0 Å². The molecular formula is C20H23F2NO2. The van der Waals surface area contributed by atoms with Crippen LogP contribution in [0.4, 0.5) is 8.78 Å². The predicted molar refractivity (Wildman–Crippen MR) is 94.1 cm³/mol. The van der Waals surface area contributed by atoms with Gasteiger partial charge < -0.3 is 10.1 Å². The molecule has 0 saturated heterocycles. The third kappa shape index (κ3) is 4.78. The number of hydrogen-bond acceptors (Lipinski definition) is 2. The maximum absolute atomic E-state index is 13.3. The van der Waals surface area contributed by atoms with Crippen LogP contribution in [0.5, 0.6) is 5.75 Å². The fourth-order valence-corrected chi connectivity index (χ4v) is 2.67. The van der Waals surface area contributed by atoms with E-state index in [1.54, 1.807) is 19.2 Å². The molecule has 134 valence electrons. The van der Waals surface area contributed by atoms with Crippen LogP contribution < -0.4 is 10.1 Å². The van der Waals surface area contributed by atoms with Crippen LogP contribution in [-0.2, 0) is 24.2 Å². The van der Waals surface area contributed by atoms with Gasteiger partial charge in [0.25, 0.3) is 6.43 Å². The van der Waals surface area contributed by atoms with Crippen molar-refractivity contribution >= 4 is 5.91 Å². The summed E-state index contributed by atoms with van der Waals surface area (Å²) in [6.07, 6.45) is -1.68. The van der Waals surface area contributed by atoms with Crippen LogP contribution in [0.15, 0.2) is 36.4 Å². The highest BCUT2D eigenvalue weighted by atomic mass is 19.3. The van der Waals surface area contributed by atoms with Crippen molar-refractivity contribution in [1.82, 2.24) is 5.32 Å². The number of amides is 1. The molecule has 2 aromatic rings. The fraction of sp³-hybridized carbons (Fsp3) is 0.350. The van der Waals surface area contributed by atoms with Crippen molar-refractivity contribution in [3.63, 3.8) is 0 Å². The number of ether oxygens (including phenoxy) is 1. The first-order chi connectivity index (χ1) is 12.0. The molecule has 25 heavy (non-hydrogen) atoms. The summed E-state index contributed by atoms with van der Waals surface area (Å²) < 4.78 is 32.3. The standard InChI is InChI=1S/C20H23F2NO2/c1-4-14-8-9-18(16(10-14)20(21)22)25-12-17-13(2)6-5-7-15(17)11-19(24)23-3/h5-10,20H,4,11-12H2,1-3H3,(H,23,24). The van der Waals surface area contributed by atoms with Crippen LogP contribution >= 0.6 is 0 Å². The lowest BCUT2D eigenvalue weighted by atomic mass is 10.00. The molecule has 2 rings (SSSR count). The Balaban J connectivity index is 2.26. The van der Waals surface area contributed by atoms with E-state index in [1.165, 1.54) is 6.07 Å². The monoisotopic (exact) mass is 347 g/mol. The second-order valence-corrected chi connectivity index (χ2v) is 5.88. The molecule has 0 aromatic heterocycles. The zero-order valence-electron chi connectivity index (χ0n) is 14.7. The molecule has 0 heterocycles. The number of rotatable bonds is 7. The number of nitrogens with one attached hydrogen (secondary N) is 1. The van der Waals surface area contributed by atoms with E-state index in [2.05, 4.69) is 5.32 Å². The Kier molecular flexibility index (Phi) is 6.51. The average molecular weight is 347 g/mol. The molecule has 3 nitrogen and oxygen atoms in total. The number of carbonyl (C=O) groups excluding carboxylic acids is 1. The van der Waals surface area contributed by atoms with Gasteiger partial charge in [-0.25, -0.2) is 8.78 Å². The third-order valence-electron chi connectivity index (χ3n) is 4.23. The first-order valence-electron chi connectivity index (χ1n) is 8.28. The van der Waals surface area contributed by atoms with E-state index in [0.29, 0.717) is 6.42 Å². The molecule has 2 aromatic carbocycles. The van der Waals surface area contributed by atoms with Gasteiger partial charge in [0.2, 0.25) is 5.91 Å². The van der Waals surface area contributed by atoms with Gasteiger partial charge in [-0.3, -0.25) is 4.79 Å². The summed E-state index contributed by atoms with van der Waals surface area (Å²) in [5.41, 5.74) is 3.40. The minimum Gasteiger partial charge on any atom is -0.488 e. The summed E-state index contributed by atoms with van der Waals surface area (Å²) in [5, 5.41) is 2.59. The smallest absolute Gasteiger partial charge is 0.267 e. The lowest BCUT2D eigenvalue weighted by molar-refractivity contribution is -0.119. The summed E-state index contributed by atoms with van der Waals surface area (Å²) >= 11 is 0. The highest BCUT2D eigenvalue weighted by molar-refractivity contribution is 5.78. The summed E-state index contributed by atoms with van der Waals surface area (Å²) in [6.45, 7) is 3.98. The SMILES string of the molecule is CCc1ccc(OCc2c(C)cccc2CC(=O)NC)c(C(F)F)c1. The van der Waals surface area contributed by atoms with E-state index in [1.807, 2.05) is 32.0 Å². The highest BCUT2D eigenvalue weighted by Gasteiger charge is 2.16. The number of alkyl halides is 2. The second-order valence-electron chi connectivity index (χ2n) is 5.88. The van der Waals surface area contributed by atoms with Gasteiger partial charge in [-0.1, -0.05) is 31.2 Å². The lowest BCUT2D eigenvalue weighted by Crippen LogP contribution is -2.21. The molecule has 0 aliphatic carbocycles. The van der Waals surface area contributed by atoms with E-state index < -0.39 is 6.43 Å². The number of aryl methyl sites for hydroxylation is 2.